The Kier molecular flexibility index (Phi) is 5.62. The number of carbonyl (C=O) groups is 1. The lowest BCUT2D eigenvalue weighted by molar-refractivity contribution is -0.115. The first-order valence-electron chi connectivity index (χ1n) is 6.52. The van der Waals surface area contributed by atoms with Gasteiger partial charge in [0.2, 0.25) is 5.91 Å². The SMILES string of the molecule is O=C(Cc1c(Cl)cccc1Cl)Nc1ccc(CCO)cc1. The smallest absolute Gasteiger partial charge is 0.228 e. The van der Waals surface area contributed by atoms with Crippen molar-refractivity contribution in [1.82, 2.24) is 0 Å². The molecule has 1 amide bonds. The van der Waals surface area contributed by atoms with Gasteiger partial charge >= 0.3 is 0 Å². The summed E-state index contributed by atoms with van der Waals surface area (Å²) in [6, 6.07) is 12.5. The van der Waals surface area contributed by atoms with Crippen LogP contribution in [0.15, 0.2) is 42.5 Å². The monoisotopic (exact) mass is 323 g/mol. The molecule has 2 aromatic rings. The molecule has 3 nitrogen and oxygen atoms in total. The van der Waals surface area contributed by atoms with Gasteiger partial charge in [0.15, 0.2) is 0 Å². The lowest BCUT2D eigenvalue weighted by Crippen LogP contribution is -2.15. The van der Waals surface area contributed by atoms with Crippen molar-refractivity contribution in [3.05, 3.63) is 63.6 Å². The summed E-state index contributed by atoms with van der Waals surface area (Å²) in [6.45, 7) is 0.108. The molecule has 0 fully saturated rings. The minimum absolute atomic E-state index is 0.108. The highest BCUT2D eigenvalue weighted by molar-refractivity contribution is 6.36. The highest BCUT2D eigenvalue weighted by atomic mass is 35.5. The number of hydrogen-bond donors (Lipinski definition) is 2. The van der Waals surface area contributed by atoms with Gasteiger partial charge in [-0.05, 0) is 41.8 Å². The first-order chi connectivity index (χ1) is 10.1. The Bertz CT molecular complexity index is 606. The van der Waals surface area contributed by atoms with Crippen LogP contribution in [0.4, 0.5) is 5.69 Å². The predicted molar refractivity (Wildman–Crippen MR) is 86.0 cm³/mol. The second-order valence-electron chi connectivity index (χ2n) is 4.60. The highest BCUT2D eigenvalue weighted by Crippen LogP contribution is 2.25. The van der Waals surface area contributed by atoms with Crippen LogP contribution in [0, 0.1) is 0 Å². The quantitative estimate of drug-likeness (QED) is 0.881. The number of benzene rings is 2. The second-order valence-corrected chi connectivity index (χ2v) is 5.41. The third-order valence-electron chi connectivity index (χ3n) is 3.04. The Morgan fingerprint density at radius 1 is 1.05 bits per heavy atom. The number of anilines is 1. The Labute approximate surface area is 133 Å². The van der Waals surface area contributed by atoms with Gasteiger partial charge in [-0.25, -0.2) is 0 Å². The molecule has 0 spiro atoms. The molecule has 0 radical (unpaired) electrons. The zero-order chi connectivity index (χ0) is 15.2. The zero-order valence-corrected chi connectivity index (χ0v) is 12.8. The Morgan fingerprint density at radius 2 is 1.67 bits per heavy atom. The summed E-state index contributed by atoms with van der Waals surface area (Å²) in [6.07, 6.45) is 0.723. The molecule has 0 atom stereocenters. The van der Waals surface area contributed by atoms with Crippen LogP contribution in [0.2, 0.25) is 10.0 Å². The van der Waals surface area contributed by atoms with E-state index in [0.29, 0.717) is 27.7 Å². The maximum Gasteiger partial charge on any atom is 0.228 e. The molecule has 0 heterocycles. The lowest BCUT2D eigenvalue weighted by atomic mass is 10.1. The molecule has 110 valence electrons. The van der Waals surface area contributed by atoms with Crippen LogP contribution < -0.4 is 5.32 Å². The molecule has 5 heteroatoms. The van der Waals surface area contributed by atoms with E-state index in [-0.39, 0.29) is 18.9 Å². The fourth-order valence-corrected chi connectivity index (χ4v) is 2.48. The average molecular weight is 324 g/mol. The van der Waals surface area contributed by atoms with Gasteiger partial charge in [-0.15, -0.1) is 0 Å². The van der Waals surface area contributed by atoms with E-state index in [2.05, 4.69) is 5.32 Å². The summed E-state index contributed by atoms with van der Waals surface area (Å²) < 4.78 is 0. The normalized spacial score (nSPS) is 10.4. The van der Waals surface area contributed by atoms with Crippen molar-refractivity contribution >= 4 is 34.8 Å². The molecular formula is C16H15Cl2NO2. The van der Waals surface area contributed by atoms with Crippen LogP contribution in [0.5, 0.6) is 0 Å². The fourth-order valence-electron chi connectivity index (χ4n) is 1.95. The number of hydrogen-bond acceptors (Lipinski definition) is 2. The summed E-state index contributed by atoms with van der Waals surface area (Å²) in [5.41, 5.74) is 2.34. The highest BCUT2D eigenvalue weighted by Gasteiger charge is 2.11. The molecular weight excluding hydrogens is 309 g/mol. The van der Waals surface area contributed by atoms with Crippen molar-refractivity contribution in [1.29, 1.82) is 0 Å². The van der Waals surface area contributed by atoms with Crippen LogP contribution in [-0.2, 0) is 17.6 Å². The predicted octanol–water partition coefficient (Wildman–Crippen LogP) is 3.71. The van der Waals surface area contributed by atoms with Gasteiger partial charge in [-0.2, -0.15) is 0 Å². The molecule has 0 aromatic heterocycles. The number of amides is 1. The molecule has 0 aliphatic rings. The van der Waals surface area contributed by atoms with Crippen LogP contribution in [0.3, 0.4) is 0 Å². The molecule has 2 aromatic carbocycles. The van der Waals surface area contributed by atoms with E-state index in [9.17, 15) is 4.79 Å². The molecule has 0 unspecified atom stereocenters. The Balaban J connectivity index is 2.01. The average Bonchev–Trinajstić information content (AvgIpc) is 2.45. The summed E-state index contributed by atoms with van der Waals surface area (Å²) in [4.78, 5) is 12.0. The zero-order valence-electron chi connectivity index (χ0n) is 11.3. The van der Waals surface area contributed by atoms with Gasteiger partial charge in [-0.1, -0.05) is 41.4 Å². The van der Waals surface area contributed by atoms with Crippen molar-refractivity contribution < 1.29 is 9.90 Å². The molecule has 0 aliphatic carbocycles. The molecule has 0 saturated heterocycles. The number of nitrogens with one attached hydrogen (secondary N) is 1. The third-order valence-corrected chi connectivity index (χ3v) is 3.75. The van der Waals surface area contributed by atoms with Gasteiger partial charge in [0.05, 0.1) is 6.42 Å². The number of carbonyl (C=O) groups excluding carboxylic acids is 1. The van der Waals surface area contributed by atoms with Crippen molar-refractivity contribution in [2.75, 3.05) is 11.9 Å². The van der Waals surface area contributed by atoms with Crippen LogP contribution in [-0.4, -0.2) is 17.6 Å². The summed E-state index contributed by atoms with van der Waals surface area (Å²) in [7, 11) is 0. The Morgan fingerprint density at radius 3 is 2.24 bits per heavy atom. The third kappa shape index (κ3) is 4.46. The molecule has 2 N–H and O–H groups in total. The molecule has 0 saturated carbocycles. The fraction of sp³-hybridized carbons (Fsp3) is 0.188. The lowest BCUT2D eigenvalue weighted by Gasteiger charge is -2.08. The molecule has 21 heavy (non-hydrogen) atoms. The van der Waals surface area contributed by atoms with Gasteiger partial charge in [0.1, 0.15) is 0 Å². The summed E-state index contributed by atoms with van der Waals surface area (Å²) in [5, 5.41) is 12.6. The van der Waals surface area contributed by atoms with E-state index in [1.807, 2.05) is 12.1 Å². The van der Waals surface area contributed by atoms with E-state index < -0.39 is 0 Å². The van der Waals surface area contributed by atoms with Gasteiger partial charge in [0, 0.05) is 22.3 Å². The van der Waals surface area contributed by atoms with Crippen molar-refractivity contribution in [3.63, 3.8) is 0 Å². The minimum Gasteiger partial charge on any atom is -0.396 e. The Hall–Kier alpha value is -1.55. The van der Waals surface area contributed by atoms with Crippen molar-refractivity contribution in [2.45, 2.75) is 12.8 Å². The van der Waals surface area contributed by atoms with Crippen LogP contribution in [0.1, 0.15) is 11.1 Å². The van der Waals surface area contributed by atoms with Gasteiger partial charge in [-0.3, -0.25) is 4.79 Å². The van der Waals surface area contributed by atoms with E-state index in [1.54, 1.807) is 30.3 Å². The first-order valence-corrected chi connectivity index (χ1v) is 7.28. The van der Waals surface area contributed by atoms with Crippen LogP contribution in [0.25, 0.3) is 0 Å². The number of aliphatic hydroxyl groups excluding tert-OH is 1. The van der Waals surface area contributed by atoms with Crippen molar-refractivity contribution in [3.8, 4) is 0 Å². The van der Waals surface area contributed by atoms with Gasteiger partial charge < -0.3 is 10.4 Å². The van der Waals surface area contributed by atoms with Crippen LogP contribution >= 0.6 is 23.2 Å². The molecule has 0 aliphatic heterocycles. The summed E-state index contributed by atoms with van der Waals surface area (Å²) >= 11 is 12.1. The number of halogens is 2. The first kappa shape index (κ1) is 15.8. The van der Waals surface area contributed by atoms with E-state index in [4.69, 9.17) is 28.3 Å². The molecule has 0 bridgehead atoms. The number of aliphatic hydroxyl groups is 1. The van der Waals surface area contributed by atoms with E-state index in [0.717, 1.165) is 5.56 Å². The van der Waals surface area contributed by atoms with Crippen molar-refractivity contribution in [2.24, 2.45) is 0 Å². The number of rotatable bonds is 5. The topological polar surface area (TPSA) is 49.3 Å². The molecule has 2 rings (SSSR count). The maximum absolute atomic E-state index is 12.0. The van der Waals surface area contributed by atoms with Gasteiger partial charge in [0.25, 0.3) is 0 Å². The second kappa shape index (κ2) is 7.46. The van der Waals surface area contributed by atoms with E-state index in [1.165, 1.54) is 0 Å². The summed E-state index contributed by atoms with van der Waals surface area (Å²) in [5.74, 6) is -0.181. The van der Waals surface area contributed by atoms with E-state index >= 15 is 0 Å². The largest absolute Gasteiger partial charge is 0.396 e. The maximum atomic E-state index is 12.0. The standard InChI is InChI=1S/C16H15Cl2NO2/c17-14-2-1-3-15(18)13(14)10-16(21)19-12-6-4-11(5-7-12)8-9-20/h1-7,20H,8-10H2,(H,19,21). The minimum atomic E-state index is -0.181.